The number of benzene rings is 1. The average molecular weight is 512 g/mol. The molecule has 2 fully saturated rings. The molecule has 2 aliphatic rings. The van der Waals surface area contributed by atoms with E-state index in [0.29, 0.717) is 53.1 Å². The Hall–Kier alpha value is -1.94. The number of nitrogens with one attached hydrogen (secondary N) is 3. The highest BCUT2D eigenvalue weighted by Crippen LogP contribution is 2.35. The summed E-state index contributed by atoms with van der Waals surface area (Å²) in [6.45, 7) is 1.33. The molecule has 0 bridgehead atoms. The summed E-state index contributed by atoms with van der Waals surface area (Å²) in [5.74, 6) is -0.156. The van der Waals surface area contributed by atoms with E-state index in [-0.39, 0.29) is 18.4 Å². The van der Waals surface area contributed by atoms with E-state index < -0.39 is 5.54 Å². The van der Waals surface area contributed by atoms with E-state index in [1.165, 1.54) is 11.3 Å². The van der Waals surface area contributed by atoms with Gasteiger partial charge in [-0.3, -0.25) is 15.0 Å². The first kappa shape index (κ1) is 21.3. The summed E-state index contributed by atoms with van der Waals surface area (Å²) in [4.78, 5) is 27.9. The van der Waals surface area contributed by atoms with Crippen LogP contribution in [0.2, 0.25) is 5.02 Å². The molecular formula is C20H20BrClN4O3S. The van der Waals surface area contributed by atoms with Crippen LogP contribution in [-0.2, 0) is 9.53 Å². The Balaban J connectivity index is 1.46. The van der Waals surface area contributed by atoms with E-state index in [1.807, 2.05) is 6.07 Å². The number of thiophene rings is 1. The maximum atomic E-state index is 13.0. The molecule has 0 unspecified atom stereocenters. The van der Waals surface area contributed by atoms with Crippen molar-refractivity contribution in [1.29, 1.82) is 5.41 Å². The molecule has 7 nitrogen and oxygen atoms in total. The van der Waals surface area contributed by atoms with Gasteiger partial charge in [-0.05, 0) is 65.5 Å². The van der Waals surface area contributed by atoms with Crippen molar-refractivity contribution in [3.05, 3.63) is 44.0 Å². The van der Waals surface area contributed by atoms with Crippen LogP contribution in [0.25, 0.3) is 0 Å². The Kier molecular flexibility index (Phi) is 6.15. The van der Waals surface area contributed by atoms with E-state index in [2.05, 4.69) is 26.6 Å². The summed E-state index contributed by atoms with van der Waals surface area (Å²) in [6.07, 6.45) is 2.06. The second-order valence-electron chi connectivity index (χ2n) is 7.26. The van der Waals surface area contributed by atoms with E-state index >= 15 is 0 Å². The lowest BCUT2D eigenvalue weighted by atomic mass is 9.75. The minimum atomic E-state index is -0.912. The van der Waals surface area contributed by atoms with Crippen LogP contribution in [0.15, 0.2) is 34.1 Å². The molecule has 0 spiro atoms. The van der Waals surface area contributed by atoms with E-state index in [9.17, 15) is 9.59 Å². The predicted molar refractivity (Wildman–Crippen MR) is 122 cm³/mol. The normalized spacial score (nSPS) is 17.9. The first-order valence-corrected chi connectivity index (χ1v) is 11.5. The molecule has 4 rings (SSSR count). The molecule has 1 aromatic carbocycles. The van der Waals surface area contributed by atoms with Gasteiger partial charge < -0.3 is 20.3 Å². The largest absolute Gasteiger partial charge is 0.372 e. The van der Waals surface area contributed by atoms with Crippen LogP contribution in [0.4, 0.5) is 11.4 Å². The van der Waals surface area contributed by atoms with Gasteiger partial charge in [0, 0.05) is 12.2 Å². The number of morpholine rings is 1. The molecule has 0 atom stereocenters. The lowest BCUT2D eigenvalue weighted by molar-refractivity contribution is -0.125. The number of anilines is 2. The number of halogens is 2. The molecule has 1 aliphatic heterocycles. The van der Waals surface area contributed by atoms with Crippen LogP contribution in [0.5, 0.6) is 0 Å². The molecule has 1 aromatic heterocycles. The standard InChI is InChI=1S/C20H20BrClN4O3S/c21-16-5-4-15(30-16)18(27)25-20(6-1-7-20)19(28)24-12-2-3-14(13(22)10-12)26-8-9-29-11-17(26)23/h2-5,10,23H,1,6-9,11H2,(H,24,28)(H,25,27). The monoisotopic (exact) mass is 510 g/mol. The molecule has 3 N–H and O–H groups in total. The lowest BCUT2D eigenvalue weighted by Crippen LogP contribution is -2.61. The molecule has 10 heteroatoms. The van der Waals surface area contributed by atoms with Gasteiger partial charge in [-0.2, -0.15) is 0 Å². The summed E-state index contributed by atoms with van der Waals surface area (Å²) < 4.78 is 6.13. The van der Waals surface area contributed by atoms with E-state index in [4.69, 9.17) is 21.7 Å². The van der Waals surface area contributed by atoms with Crippen molar-refractivity contribution in [2.45, 2.75) is 24.8 Å². The van der Waals surface area contributed by atoms with E-state index in [1.54, 1.807) is 29.2 Å². The summed E-state index contributed by atoms with van der Waals surface area (Å²) in [7, 11) is 0. The Morgan fingerprint density at radius 2 is 2.07 bits per heavy atom. The zero-order chi connectivity index (χ0) is 21.3. The van der Waals surface area contributed by atoms with Gasteiger partial charge in [0.1, 0.15) is 18.0 Å². The van der Waals surface area contributed by atoms with Crippen molar-refractivity contribution in [2.75, 3.05) is 30.0 Å². The quantitative estimate of drug-likeness (QED) is 0.559. The SMILES string of the molecule is N=C1COCCN1c1ccc(NC(=O)C2(NC(=O)c3ccc(Br)s3)CCC2)cc1Cl. The number of rotatable bonds is 5. The smallest absolute Gasteiger partial charge is 0.262 e. The van der Waals surface area contributed by atoms with Crippen LogP contribution in [0, 0.1) is 5.41 Å². The van der Waals surface area contributed by atoms with Crippen molar-refractivity contribution in [2.24, 2.45) is 0 Å². The third-order valence-corrected chi connectivity index (χ3v) is 7.24. The Labute approximate surface area is 191 Å². The highest BCUT2D eigenvalue weighted by atomic mass is 79.9. The minimum absolute atomic E-state index is 0.248. The summed E-state index contributed by atoms with van der Waals surface area (Å²) >= 11 is 11.1. The number of ether oxygens (including phenoxy) is 1. The fraction of sp³-hybridized carbons (Fsp3) is 0.350. The second kappa shape index (κ2) is 8.66. The van der Waals surface area contributed by atoms with Crippen molar-refractivity contribution < 1.29 is 14.3 Å². The Bertz CT molecular complexity index is 1010. The number of hydrogen-bond donors (Lipinski definition) is 3. The van der Waals surface area contributed by atoms with Crippen LogP contribution < -0.4 is 15.5 Å². The molecule has 2 amide bonds. The first-order chi connectivity index (χ1) is 14.4. The van der Waals surface area contributed by atoms with Gasteiger partial charge in [0.25, 0.3) is 5.91 Å². The number of hydrogen-bond acceptors (Lipinski definition) is 5. The number of carbonyl (C=O) groups is 2. The van der Waals surface area contributed by atoms with Gasteiger partial charge in [-0.15, -0.1) is 11.3 Å². The average Bonchev–Trinajstić information content (AvgIpc) is 3.12. The minimum Gasteiger partial charge on any atom is -0.372 e. The van der Waals surface area contributed by atoms with Gasteiger partial charge >= 0.3 is 0 Å². The molecule has 2 aromatic rings. The number of nitrogens with zero attached hydrogens (tertiary/aromatic N) is 1. The number of amides is 2. The fourth-order valence-corrected chi connectivity index (χ4v) is 5.08. The number of carbonyl (C=O) groups excluding carboxylic acids is 2. The second-order valence-corrected chi connectivity index (χ2v) is 10.1. The summed E-state index contributed by atoms with van der Waals surface area (Å²) in [6, 6.07) is 8.75. The predicted octanol–water partition coefficient (Wildman–Crippen LogP) is 4.27. The van der Waals surface area contributed by atoms with Gasteiger partial charge in [0.2, 0.25) is 5.91 Å². The molecule has 1 aliphatic carbocycles. The van der Waals surface area contributed by atoms with Gasteiger partial charge in [0.05, 0.1) is 26.0 Å². The van der Waals surface area contributed by atoms with Crippen molar-refractivity contribution in [3.8, 4) is 0 Å². The maximum absolute atomic E-state index is 13.0. The molecule has 0 radical (unpaired) electrons. The zero-order valence-electron chi connectivity index (χ0n) is 16.0. The molecule has 2 heterocycles. The molecule has 1 saturated heterocycles. The molecule has 1 saturated carbocycles. The van der Waals surface area contributed by atoms with Crippen molar-refractivity contribution >= 4 is 67.9 Å². The van der Waals surface area contributed by atoms with Crippen molar-refractivity contribution in [3.63, 3.8) is 0 Å². The third-order valence-electron chi connectivity index (χ3n) is 5.31. The molecule has 30 heavy (non-hydrogen) atoms. The Morgan fingerprint density at radius 3 is 2.67 bits per heavy atom. The van der Waals surface area contributed by atoms with Gasteiger partial charge in [-0.25, -0.2) is 0 Å². The van der Waals surface area contributed by atoms with Crippen LogP contribution in [0.3, 0.4) is 0 Å². The maximum Gasteiger partial charge on any atom is 0.262 e. The van der Waals surface area contributed by atoms with Crippen LogP contribution in [0.1, 0.15) is 28.9 Å². The lowest BCUT2D eigenvalue weighted by Gasteiger charge is -2.40. The molecule has 158 valence electrons. The first-order valence-electron chi connectivity index (χ1n) is 9.49. The van der Waals surface area contributed by atoms with Crippen molar-refractivity contribution in [1.82, 2.24) is 5.32 Å². The summed E-state index contributed by atoms with van der Waals surface area (Å²) in [5.41, 5.74) is 0.344. The topological polar surface area (TPSA) is 94.5 Å². The molecular weight excluding hydrogens is 492 g/mol. The van der Waals surface area contributed by atoms with Crippen LogP contribution in [-0.4, -0.2) is 42.9 Å². The highest BCUT2D eigenvalue weighted by molar-refractivity contribution is 9.11. The van der Waals surface area contributed by atoms with Gasteiger partial charge in [0.15, 0.2) is 0 Å². The Morgan fingerprint density at radius 1 is 1.27 bits per heavy atom. The van der Waals surface area contributed by atoms with Gasteiger partial charge in [-0.1, -0.05) is 11.6 Å². The van der Waals surface area contributed by atoms with E-state index in [0.717, 1.165) is 10.2 Å². The fourth-order valence-electron chi connectivity index (χ4n) is 3.51. The zero-order valence-corrected chi connectivity index (χ0v) is 19.1. The van der Waals surface area contributed by atoms with Crippen LogP contribution >= 0.6 is 38.9 Å². The number of amidine groups is 1. The third kappa shape index (κ3) is 4.25. The highest BCUT2D eigenvalue weighted by Gasteiger charge is 2.45. The summed E-state index contributed by atoms with van der Waals surface area (Å²) in [5, 5.41) is 14.3.